The Balaban J connectivity index is 1.41. The van der Waals surface area contributed by atoms with E-state index >= 15 is 0 Å². The van der Waals surface area contributed by atoms with Gasteiger partial charge in [0, 0.05) is 0 Å². The van der Waals surface area contributed by atoms with Crippen molar-refractivity contribution in [1.82, 2.24) is 10.3 Å². The summed E-state index contributed by atoms with van der Waals surface area (Å²) in [5.74, 6) is 2.61. The second-order valence-electron chi connectivity index (χ2n) is 6.60. The zero-order chi connectivity index (χ0) is 21.2. The van der Waals surface area contributed by atoms with Gasteiger partial charge < -0.3 is 14.5 Å². The van der Waals surface area contributed by atoms with E-state index in [1.165, 1.54) is 0 Å². The lowest BCUT2D eigenvalue weighted by Gasteiger charge is -2.03. The number of furan rings is 1. The van der Waals surface area contributed by atoms with Crippen LogP contribution in [0.15, 0.2) is 75.0 Å². The summed E-state index contributed by atoms with van der Waals surface area (Å²) in [6, 6.07) is 19.2. The smallest absolute Gasteiger partial charge is 0.289 e. The van der Waals surface area contributed by atoms with E-state index in [4.69, 9.17) is 9.15 Å². The molecule has 0 aliphatic carbocycles. The molecular weight excluding hydrogens is 430 g/mol. The highest BCUT2D eigenvalue weighted by atomic mass is 32.2. The second-order valence-corrected chi connectivity index (χ2v) is 8.64. The maximum Gasteiger partial charge on any atom is 0.289 e. The molecule has 0 atom stereocenters. The molecule has 1 fully saturated rings. The van der Waals surface area contributed by atoms with Crippen LogP contribution in [0.2, 0.25) is 0 Å². The number of carbonyl (C=O) groups is 1. The molecule has 1 aliphatic heterocycles. The van der Waals surface area contributed by atoms with Crippen LogP contribution in [-0.4, -0.2) is 22.7 Å². The van der Waals surface area contributed by atoms with E-state index in [0.29, 0.717) is 28.9 Å². The van der Waals surface area contributed by atoms with Crippen molar-refractivity contribution in [3.63, 3.8) is 0 Å². The third-order valence-electron chi connectivity index (χ3n) is 4.45. The Hall–Kier alpha value is -3.36. The lowest BCUT2D eigenvalue weighted by molar-refractivity contribution is 0.265. The van der Waals surface area contributed by atoms with Gasteiger partial charge in [-0.25, -0.2) is 9.98 Å². The number of aromatic nitrogens is 1. The summed E-state index contributed by atoms with van der Waals surface area (Å²) in [6.45, 7) is 2.54. The molecule has 1 amide bonds. The Morgan fingerprint density at radius 1 is 1.13 bits per heavy atom. The molecule has 31 heavy (non-hydrogen) atoms. The minimum Gasteiger partial charge on any atom is -0.494 e. The molecule has 0 bridgehead atoms. The number of thiazole rings is 1. The molecule has 4 aromatic rings. The van der Waals surface area contributed by atoms with E-state index in [1.54, 1.807) is 11.3 Å². The largest absolute Gasteiger partial charge is 0.494 e. The number of benzene rings is 2. The Morgan fingerprint density at radius 2 is 1.97 bits per heavy atom. The van der Waals surface area contributed by atoms with Gasteiger partial charge in [-0.3, -0.25) is 4.79 Å². The van der Waals surface area contributed by atoms with Gasteiger partial charge in [-0.2, -0.15) is 0 Å². The highest BCUT2D eigenvalue weighted by Crippen LogP contribution is 2.33. The van der Waals surface area contributed by atoms with Crippen LogP contribution < -0.4 is 10.1 Å². The van der Waals surface area contributed by atoms with Crippen LogP contribution in [0.4, 0.5) is 10.5 Å². The highest BCUT2D eigenvalue weighted by Gasteiger charge is 2.24. The molecular formula is C23H17N3O3S2. The van der Waals surface area contributed by atoms with Crippen molar-refractivity contribution < 1.29 is 13.9 Å². The quantitative estimate of drug-likeness (QED) is 0.379. The van der Waals surface area contributed by atoms with Crippen LogP contribution >= 0.6 is 23.1 Å². The zero-order valence-electron chi connectivity index (χ0n) is 16.5. The number of nitrogens with one attached hydrogen (secondary N) is 1. The normalized spacial score (nSPS) is 16.4. The number of aliphatic imine (C=N–C) groups is 1. The van der Waals surface area contributed by atoms with Crippen molar-refractivity contribution in [2.24, 2.45) is 4.99 Å². The molecule has 0 spiro atoms. The summed E-state index contributed by atoms with van der Waals surface area (Å²) in [6.07, 6.45) is 1.81. The highest BCUT2D eigenvalue weighted by molar-refractivity contribution is 8.18. The summed E-state index contributed by atoms with van der Waals surface area (Å²) in [7, 11) is 0. The Morgan fingerprint density at radius 3 is 2.77 bits per heavy atom. The van der Waals surface area contributed by atoms with E-state index in [-0.39, 0.29) is 5.24 Å². The van der Waals surface area contributed by atoms with E-state index in [1.807, 2.05) is 73.7 Å². The number of amidine groups is 1. The summed E-state index contributed by atoms with van der Waals surface area (Å²) in [4.78, 5) is 21.9. The van der Waals surface area contributed by atoms with E-state index in [2.05, 4.69) is 15.3 Å². The Bertz CT molecular complexity index is 1290. The number of nitrogens with zero attached hydrogens (tertiary/aromatic N) is 2. The molecule has 1 saturated heterocycles. The molecule has 6 nitrogen and oxygen atoms in total. The fourth-order valence-corrected chi connectivity index (χ4v) is 4.72. The minimum absolute atomic E-state index is 0.172. The Labute approximate surface area is 186 Å². The molecule has 0 radical (unpaired) electrons. The summed E-state index contributed by atoms with van der Waals surface area (Å²) < 4.78 is 12.6. The first-order valence-electron chi connectivity index (χ1n) is 9.66. The average molecular weight is 448 g/mol. The number of carbonyl (C=O) groups excluding carboxylic acids is 1. The molecule has 2 aromatic heterocycles. The Kier molecular flexibility index (Phi) is 5.31. The van der Waals surface area contributed by atoms with Gasteiger partial charge >= 0.3 is 0 Å². The van der Waals surface area contributed by atoms with Crippen LogP contribution in [0.5, 0.6) is 5.75 Å². The van der Waals surface area contributed by atoms with Crippen molar-refractivity contribution in [2.75, 3.05) is 6.61 Å². The first kappa shape index (κ1) is 19.6. The predicted molar refractivity (Wildman–Crippen MR) is 126 cm³/mol. The number of amides is 1. The number of thioether (sulfide) groups is 1. The van der Waals surface area contributed by atoms with Crippen molar-refractivity contribution in [3.8, 4) is 16.5 Å². The van der Waals surface area contributed by atoms with Gasteiger partial charge in [0.15, 0.2) is 10.8 Å². The fraction of sp³-hybridized carbons (Fsp3) is 0.0870. The van der Waals surface area contributed by atoms with Gasteiger partial charge in [0.1, 0.15) is 17.3 Å². The minimum atomic E-state index is -0.172. The standard InChI is InChI=1S/C23H17N3O3S2/c1-2-28-15-9-7-14(8-10-15)24-21-20(31-23(27)26-21)13-16-11-12-18(29-16)22-25-17-5-3-4-6-19(17)30-22/h3-13H,2H2,1H3,(H,24,26,27)/b20-13-. The monoisotopic (exact) mass is 447 g/mol. The summed E-state index contributed by atoms with van der Waals surface area (Å²) in [5.41, 5.74) is 1.67. The predicted octanol–water partition coefficient (Wildman–Crippen LogP) is 6.48. The van der Waals surface area contributed by atoms with Crippen molar-refractivity contribution in [2.45, 2.75) is 6.92 Å². The first-order valence-corrected chi connectivity index (χ1v) is 11.3. The van der Waals surface area contributed by atoms with Gasteiger partial charge in [-0.05, 0) is 73.3 Å². The molecule has 5 rings (SSSR count). The van der Waals surface area contributed by atoms with Crippen LogP contribution in [-0.2, 0) is 0 Å². The molecule has 0 unspecified atom stereocenters. The molecule has 0 saturated carbocycles. The second kappa shape index (κ2) is 8.41. The molecule has 3 heterocycles. The first-order chi connectivity index (χ1) is 15.2. The van der Waals surface area contributed by atoms with Crippen LogP contribution in [0.3, 0.4) is 0 Å². The summed E-state index contributed by atoms with van der Waals surface area (Å²) in [5, 5.41) is 3.44. The third kappa shape index (κ3) is 4.26. The van der Waals surface area contributed by atoms with E-state index in [9.17, 15) is 4.79 Å². The van der Waals surface area contributed by atoms with E-state index < -0.39 is 0 Å². The maximum atomic E-state index is 12.0. The number of para-hydroxylation sites is 1. The van der Waals surface area contributed by atoms with Gasteiger partial charge in [0.05, 0.1) is 27.4 Å². The average Bonchev–Trinajstić information content (AvgIpc) is 3.48. The van der Waals surface area contributed by atoms with Gasteiger partial charge in [-0.15, -0.1) is 11.3 Å². The van der Waals surface area contributed by atoms with Gasteiger partial charge in [0.2, 0.25) is 0 Å². The van der Waals surface area contributed by atoms with Crippen LogP contribution in [0.1, 0.15) is 12.7 Å². The molecule has 154 valence electrons. The maximum absolute atomic E-state index is 12.0. The number of rotatable bonds is 5. The van der Waals surface area contributed by atoms with Gasteiger partial charge in [-0.1, -0.05) is 12.1 Å². The van der Waals surface area contributed by atoms with Crippen molar-refractivity contribution >= 4 is 56.2 Å². The molecule has 8 heteroatoms. The van der Waals surface area contributed by atoms with E-state index in [0.717, 1.165) is 38.4 Å². The molecule has 1 N–H and O–H groups in total. The van der Waals surface area contributed by atoms with Crippen LogP contribution in [0.25, 0.3) is 27.1 Å². The lowest BCUT2D eigenvalue weighted by atomic mass is 10.3. The number of fused-ring (bicyclic) bond motifs is 1. The topological polar surface area (TPSA) is 76.7 Å². The molecule has 2 aromatic carbocycles. The van der Waals surface area contributed by atoms with Crippen molar-refractivity contribution in [3.05, 3.63) is 71.3 Å². The fourth-order valence-electron chi connectivity index (χ4n) is 3.08. The zero-order valence-corrected chi connectivity index (χ0v) is 18.1. The number of hydrogen-bond donors (Lipinski definition) is 1. The lowest BCUT2D eigenvalue weighted by Crippen LogP contribution is -2.18. The number of ether oxygens (including phenoxy) is 1. The SMILES string of the molecule is CCOc1ccc(N=C2NC(=O)S/C2=C\c2ccc(-c3nc4ccccc4s3)o2)cc1. The van der Waals surface area contributed by atoms with Crippen LogP contribution in [0, 0.1) is 0 Å². The van der Waals surface area contributed by atoms with Crippen molar-refractivity contribution in [1.29, 1.82) is 0 Å². The summed E-state index contributed by atoms with van der Waals surface area (Å²) >= 11 is 2.67. The number of hydrogen-bond acceptors (Lipinski definition) is 7. The third-order valence-corrected chi connectivity index (χ3v) is 6.32. The van der Waals surface area contributed by atoms with Gasteiger partial charge in [0.25, 0.3) is 5.24 Å². The molecule has 1 aliphatic rings.